The molecule has 19 heavy (non-hydrogen) atoms. The van der Waals surface area contributed by atoms with Crippen LogP contribution in [0.4, 0.5) is 4.39 Å². The van der Waals surface area contributed by atoms with Crippen LogP contribution in [-0.2, 0) is 11.3 Å². The molecule has 0 unspecified atom stereocenters. The zero-order valence-corrected chi connectivity index (χ0v) is 9.97. The Morgan fingerprint density at radius 3 is 2.74 bits per heavy atom. The van der Waals surface area contributed by atoms with E-state index in [-0.39, 0.29) is 12.4 Å². The largest absolute Gasteiger partial charge is 0.457 e. The van der Waals surface area contributed by atoms with Gasteiger partial charge in [0.2, 0.25) is 0 Å². The molecule has 0 fully saturated rings. The van der Waals surface area contributed by atoms with E-state index in [1.54, 1.807) is 30.3 Å². The summed E-state index contributed by atoms with van der Waals surface area (Å²) in [6.45, 7) is -0.00657. The number of nitriles is 1. The molecule has 0 spiro atoms. The van der Waals surface area contributed by atoms with Crippen LogP contribution < -0.4 is 0 Å². The van der Waals surface area contributed by atoms with Gasteiger partial charge in [-0.05, 0) is 35.9 Å². The third kappa shape index (κ3) is 3.39. The second-order valence-electron chi connectivity index (χ2n) is 3.90. The molecule has 0 radical (unpaired) electrons. The van der Waals surface area contributed by atoms with Crippen LogP contribution in [0.3, 0.4) is 0 Å². The van der Waals surface area contributed by atoms with Gasteiger partial charge in [0.15, 0.2) is 0 Å². The van der Waals surface area contributed by atoms with E-state index < -0.39 is 5.97 Å². The minimum absolute atomic E-state index is 0.00657. The first-order chi connectivity index (χ1) is 9.19. The summed E-state index contributed by atoms with van der Waals surface area (Å²) in [6.07, 6.45) is 0. The summed E-state index contributed by atoms with van der Waals surface area (Å²) in [5.41, 5.74) is 1.26. The summed E-state index contributed by atoms with van der Waals surface area (Å²) < 4.78 is 18.0. The van der Waals surface area contributed by atoms with Crippen molar-refractivity contribution in [3.05, 3.63) is 71.0 Å². The SMILES string of the molecule is N#Cc1cccc(C(=O)OCc2cccc(F)c2)c1. The van der Waals surface area contributed by atoms with Gasteiger partial charge in [0.05, 0.1) is 17.2 Å². The van der Waals surface area contributed by atoms with Gasteiger partial charge in [0, 0.05) is 0 Å². The van der Waals surface area contributed by atoms with Gasteiger partial charge in [-0.25, -0.2) is 9.18 Å². The maximum atomic E-state index is 12.9. The summed E-state index contributed by atoms with van der Waals surface area (Å²) in [5, 5.41) is 8.74. The smallest absolute Gasteiger partial charge is 0.338 e. The van der Waals surface area contributed by atoms with E-state index in [4.69, 9.17) is 10.00 Å². The number of carbonyl (C=O) groups is 1. The van der Waals surface area contributed by atoms with E-state index in [1.807, 2.05) is 6.07 Å². The summed E-state index contributed by atoms with van der Waals surface area (Å²) in [6, 6.07) is 14.0. The third-order valence-electron chi connectivity index (χ3n) is 2.49. The molecule has 3 nitrogen and oxygen atoms in total. The Bertz CT molecular complexity index is 647. The minimum Gasteiger partial charge on any atom is -0.457 e. The fraction of sp³-hybridized carbons (Fsp3) is 0.0667. The molecule has 0 aliphatic rings. The van der Waals surface area contributed by atoms with Crippen LogP contribution in [0.15, 0.2) is 48.5 Å². The highest BCUT2D eigenvalue weighted by atomic mass is 19.1. The molecule has 0 amide bonds. The van der Waals surface area contributed by atoms with Crippen molar-refractivity contribution in [2.24, 2.45) is 0 Å². The molecule has 2 aromatic rings. The Labute approximate surface area is 109 Å². The van der Waals surface area contributed by atoms with Crippen molar-refractivity contribution in [1.29, 1.82) is 5.26 Å². The fourth-order valence-electron chi connectivity index (χ4n) is 1.57. The Hall–Kier alpha value is -2.67. The number of ether oxygens (including phenoxy) is 1. The van der Waals surface area contributed by atoms with Crippen molar-refractivity contribution in [2.45, 2.75) is 6.61 Å². The molecule has 94 valence electrons. The highest BCUT2D eigenvalue weighted by Crippen LogP contribution is 2.09. The molecule has 0 saturated heterocycles. The van der Waals surface area contributed by atoms with E-state index in [1.165, 1.54) is 18.2 Å². The van der Waals surface area contributed by atoms with Crippen LogP contribution in [0.25, 0.3) is 0 Å². The number of halogens is 1. The first kappa shape index (κ1) is 12.8. The van der Waals surface area contributed by atoms with Crippen molar-refractivity contribution >= 4 is 5.97 Å². The molecule has 0 N–H and O–H groups in total. The van der Waals surface area contributed by atoms with Gasteiger partial charge in [-0.1, -0.05) is 18.2 Å². The Morgan fingerprint density at radius 1 is 1.21 bits per heavy atom. The predicted molar refractivity (Wildman–Crippen MR) is 66.7 cm³/mol. The maximum Gasteiger partial charge on any atom is 0.338 e. The molecule has 2 aromatic carbocycles. The lowest BCUT2D eigenvalue weighted by atomic mass is 10.1. The summed E-state index contributed by atoms with van der Waals surface area (Å²) in [5.74, 6) is -0.915. The average Bonchev–Trinajstić information content (AvgIpc) is 2.45. The van der Waals surface area contributed by atoms with Crippen molar-refractivity contribution < 1.29 is 13.9 Å². The van der Waals surface area contributed by atoms with Crippen LogP contribution in [0, 0.1) is 17.1 Å². The highest BCUT2D eigenvalue weighted by Gasteiger charge is 2.08. The van der Waals surface area contributed by atoms with E-state index in [2.05, 4.69) is 0 Å². The second kappa shape index (κ2) is 5.78. The lowest BCUT2D eigenvalue weighted by Gasteiger charge is -2.05. The summed E-state index contributed by atoms with van der Waals surface area (Å²) in [4.78, 5) is 11.7. The molecular weight excluding hydrogens is 245 g/mol. The molecule has 2 rings (SSSR count). The predicted octanol–water partition coefficient (Wildman–Crippen LogP) is 3.05. The van der Waals surface area contributed by atoms with Crippen LogP contribution in [0.1, 0.15) is 21.5 Å². The van der Waals surface area contributed by atoms with Gasteiger partial charge < -0.3 is 4.74 Å². The Kier molecular flexibility index (Phi) is 3.89. The van der Waals surface area contributed by atoms with Gasteiger partial charge in [0.1, 0.15) is 12.4 Å². The maximum absolute atomic E-state index is 12.9. The van der Waals surface area contributed by atoms with Crippen molar-refractivity contribution in [3.8, 4) is 6.07 Å². The van der Waals surface area contributed by atoms with Gasteiger partial charge >= 0.3 is 5.97 Å². The van der Waals surface area contributed by atoms with Crippen LogP contribution in [0.5, 0.6) is 0 Å². The van der Waals surface area contributed by atoms with Crippen molar-refractivity contribution in [2.75, 3.05) is 0 Å². The van der Waals surface area contributed by atoms with E-state index in [9.17, 15) is 9.18 Å². The number of benzene rings is 2. The minimum atomic E-state index is -0.540. The number of hydrogen-bond acceptors (Lipinski definition) is 3. The lowest BCUT2D eigenvalue weighted by molar-refractivity contribution is 0.0472. The first-order valence-electron chi connectivity index (χ1n) is 5.61. The zero-order valence-electron chi connectivity index (χ0n) is 9.97. The van der Waals surface area contributed by atoms with Crippen LogP contribution in [-0.4, -0.2) is 5.97 Å². The van der Waals surface area contributed by atoms with Crippen LogP contribution >= 0.6 is 0 Å². The van der Waals surface area contributed by atoms with Crippen molar-refractivity contribution in [1.82, 2.24) is 0 Å². The average molecular weight is 255 g/mol. The van der Waals surface area contributed by atoms with Gasteiger partial charge in [-0.15, -0.1) is 0 Å². The van der Waals surface area contributed by atoms with Gasteiger partial charge in [-0.3, -0.25) is 0 Å². The molecular formula is C15H10FNO2. The number of hydrogen-bond donors (Lipinski definition) is 0. The lowest BCUT2D eigenvalue weighted by Crippen LogP contribution is -2.05. The molecule has 4 heteroatoms. The summed E-state index contributed by atoms with van der Waals surface area (Å²) >= 11 is 0. The summed E-state index contributed by atoms with van der Waals surface area (Å²) in [7, 11) is 0. The Balaban J connectivity index is 2.03. The second-order valence-corrected chi connectivity index (χ2v) is 3.90. The molecule has 0 heterocycles. The van der Waals surface area contributed by atoms with Crippen molar-refractivity contribution in [3.63, 3.8) is 0 Å². The molecule has 0 atom stereocenters. The topological polar surface area (TPSA) is 50.1 Å². The Morgan fingerprint density at radius 2 is 2.00 bits per heavy atom. The number of rotatable bonds is 3. The molecule has 0 aliphatic heterocycles. The number of esters is 1. The highest BCUT2D eigenvalue weighted by molar-refractivity contribution is 5.89. The van der Waals surface area contributed by atoms with E-state index >= 15 is 0 Å². The van der Waals surface area contributed by atoms with Gasteiger partial charge in [0.25, 0.3) is 0 Å². The molecule has 0 aromatic heterocycles. The van der Waals surface area contributed by atoms with E-state index in [0.29, 0.717) is 16.7 Å². The number of nitrogens with zero attached hydrogens (tertiary/aromatic N) is 1. The molecule has 0 bridgehead atoms. The molecule has 0 aliphatic carbocycles. The van der Waals surface area contributed by atoms with Crippen LogP contribution in [0.2, 0.25) is 0 Å². The first-order valence-corrected chi connectivity index (χ1v) is 5.61. The quantitative estimate of drug-likeness (QED) is 0.792. The normalized spacial score (nSPS) is 9.68. The fourth-order valence-corrected chi connectivity index (χ4v) is 1.57. The van der Waals surface area contributed by atoms with E-state index in [0.717, 1.165) is 0 Å². The van der Waals surface area contributed by atoms with Gasteiger partial charge in [-0.2, -0.15) is 5.26 Å². The third-order valence-corrected chi connectivity index (χ3v) is 2.49. The zero-order chi connectivity index (χ0) is 13.7. The standard InChI is InChI=1S/C15H10FNO2/c16-14-6-2-4-12(8-14)10-19-15(18)13-5-1-3-11(7-13)9-17/h1-8H,10H2. The number of carbonyl (C=O) groups excluding carboxylic acids is 1. The molecule has 0 saturated carbocycles. The monoisotopic (exact) mass is 255 g/mol.